The van der Waals surface area contributed by atoms with Gasteiger partial charge in [0, 0.05) is 11.4 Å². The molecule has 2 aromatic rings. The minimum atomic E-state index is -0.0148. The lowest BCUT2D eigenvalue weighted by molar-refractivity contribution is -0.116. The molecule has 0 aliphatic rings. The molecule has 0 fully saturated rings. The van der Waals surface area contributed by atoms with Crippen LogP contribution < -0.4 is 15.4 Å². The number of rotatable bonds is 6. The van der Waals surface area contributed by atoms with Crippen molar-refractivity contribution in [3.8, 4) is 5.75 Å². The summed E-state index contributed by atoms with van der Waals surface area (Å²) in [7, 11) is 1.59. The molecule has 1 amide bonds. The number of aromatic nitrogens is 1. The maximum absolute atomic E-state index is 11.7. The van der Waals surface area contributed by atoms with Crippen molar-refractivity contribution in [2.75, 3.05) is 17.7 Å². The summed E-state index contributed by atoms with van der Waals surface area (Å²) in [6.07, 6.45) is 2.09. The van der Waals surface area contributed by atoms with Gasteiger partial charge in [-0.15, -0.1) is 0 Å². The Morgan fingerprint density at radius 3 is 2.70 bits per heavy atom. The van der Waals surface area contributed by atoms with Crippen LogP contribution in [0.25, 0.3) is 0 Å². The summed E-state index contributed by atoms with van der Waals surface area (Å²) in [5.74, 6) is 1.61. The van der Waals surface area contributed by atoms with E-state index >= 15 is 0 Å². The van der Waals surface area contributed by atoms with Crippen molar-refractivity contribution in [2.24, 2.45) is 5.92 Å². The third kappa shape index (κ3) is 5.14. The summed E-state index contributed by atoms with van der Waals surface area (Å²) in [5.41, 5.74) is 1.39. The number of methoxy groups -OCH3 is 1. The van der Waals surface area contributed by atoms with Crippen molar-refractivity contribution in [2.45, 2.75) is 20.3 Å². The third-order valence-corrected chi connectivity index (χ3v) is 3.30. The van der Waals surface area contributed by atoms with Crippen LogP contribution in [-0.4, -0.2) is 18.0 Å². The lowest BCUT2D eigenvalue weighted by Crippen LogP contribution is -2.13. The van der Waals surface area contributed by atoms with Crippen LogP contribution in [0.3, 0.4) is 0 Å². The van der Waals surface area contributed by atoms with E-state index in [1.165, 1.54) is 0 Å². The Bertz CT molecular complexity index is 672. The van der Waals surface area contributed by atoms with Gasteiger partial charge in [-0.3, -0.25) is 4.79 Å². The van der Waals surface area contributed by atoms with Crippen molar-refractivity contribution >= 4 is 34.7 Å². The molecule has 0 aliphatic carbocycles. The Labute approximate surface area is 141 Å². The molecule has 0 saturated heterocycles. The zero-order valence-corrected chi connectivity index (χ0v) is 14.1. The Balaban J connectivity index is 2.06. The maximum Gasteiger partial charge on any atom is 0.224 e. The molecule has 0 unspecified atom stereocenters. The highest BCUT2D eigenvalue weighted by atomic mass is 35.5. The normalized spacial score (nSPS) is 10.5. The summed E-state index contributed by atoms with van der Waals surface area (Å²) in [6.45, 7) is 4.01. The van der Waals surface area contributed by atoms with Crippen LogP contribution in [0.1, 0.15) is 20.3 Å². The molecule has 2 N–H and O–H groups in total. The summed E-state index contributed by atoms with van der Waals surface area (Å²) in [4.78, 5) is 16.0. The van der Waals surface area contributed by atoms with Crippen molar-refractivity contribution in [3.63, 3.8) is 0 Å². The molecule has 23 heavy (non-hydrogen) atoms. The standard InChI is InChI=1S/C17H20ClN3O2/c1-11(2)8-17(22)20-13-5-7-16(19-10-13)21-14-9-12(18)4-6-15(14)23-3/h4-7,9-11H,8H2,1-3H3,(H,19,21)(H,20,22). The molecule has 0 radical (unpaired) electrons. The van der Waals surface area contributed by atoms with E-state index < -0.39 is 0 Å². The number of anilines is 3. The number of carbonyl (C=O) groups is 1. The Hall–Kier alpha value is -2.27. The zero-order valence-electron chi connectivity index (χ0n) is 13.4. The number of halogens is 1. The van der Waals surface area contributed by atoms with Crippen molar-refractivity contribution in [1.29, 1.82) is 0 Å². The average molecular weight is 334 g/mol. The smallest absolute Gasteiger partial charge is 0.224 e. The van der Waals surface area contributed by atoms with Gasteiger partial charge in [0.25, 0.3) is 0 Å². The second-order valence-corrected chi connectivity index (χ2v) is 5.98. The van der Waals surface area contributed by atoms with Gasteiger partial charge < -0.3 is 15.4 Å². The molecule has 0 aliphatic heterocycles. The van der Waals surface area contributed by atoms with Gasteiger partial charge in [0.1, 0.15) is 11.6 Å². The first-order valence-electron chi connectivity index (χ1n) is 7.34. The van der Waals surface area contributed by atoms with Crippen LogP contribution in [0.15, 0.2) is 36.5 Å². The second-order valence-electron chi connectivity index (χ2n) is 5.55. The molecule has 1 heterocycles. The van der Waals surface area contributed by atoms with Crippen LogP contribution >= 0.6 is 11.6 Å². The lowest BCUT2D eigenvalue weighted by Gasteiger charge is -2.12. The first-order chi connectivity index (χ1) is 11.0. The lowest BCUT2D eigenvalue weighted by atomic mass is 10.1. The number of hydrogen-bond donors (Lipinski definition) is 2. The predicted molar refractivity (Wildman–Crippen MR) is 93.6 cm³/mol. The maximum atomic E-state index is 11.7. The number of benzene rings is 1. The van der Waals surface area contributed by atoms with Crippen LogP contribution in [0.4, 0.5) is 17.2 Å². The summed E-state index contributed by atoms with van der Waals surface area (Å²) in [6, 6.07) is 8.88. The van der Waals surface area contributed by atoms with E-state index in [1.54, 1.807) is 43.6 Å². The van der Waals surface area contributed by atoms with Crippen molar-refractivity contribution in [3.05, 3.63) is 41.6 Å². The van der Waals surface area contributed by atoms with Gasteiger partial charge in [-0.2, -0.15) is 0 Å². The van der Waals surface area contributed by atoms with Crippen molar-refractivity contribution < 1.29 is 9.53 Å². The van der Waals surface area contributed by atoms with Gasteiger partial charge in [0.05, 0.1) is 24.7 Å². The molecule has 1 aromatic heterocycles. The number of amides is 1. The van der Waals surface area contributed by atoms with E-state index in [0.29, 0.717) is 34.6 Å². The van der Waals surface area contributed by atoms with Crippen molar-refractivity contribution in [1.82, 2.24) is 4.98 Å². The van der Waals surface area contributed by atoms with Gasteiger partial charge in [0.15, 0.2) is 0 Å². The fourth-order valence-corrected chi connectivity index (χ4v) is 2.21. The van der Waals surface area contributed by atoms with E-state index in [4.69, 9.17) is 16.3 Å². The SMILES string of the molecule is COc1ccc(Cl)cc1Nc1ccc(NC(=O)CC(C)C)cn1. The van der Waals surface area contributed by atoms with E-state index in [2.05, 4.69) is 15.6 Å². The first-order valence-corrected chi connectivity index (χ1v) is 7.72. The minimum Gasteiger partial charge on any atom is -0.495 e. The van der Waals surface area contributed by atoms with Gasteiger partial charge in [0.2, 0.25) is 5.91 Å². The predicted octanol–water partition coefficient (Wildman–Crippen LogP) is 4.47. The second kappa shape index (κ2) is 7.83. The molecule has 0 spiro atoms. The number of pyridine rings is 1. The van der Waals surface area contributed by atoms with E-state index in [0.717, 1.165) is 5.69 Å². The fraction of sp³-hybridized carbons (Fsp3) is 0.294. The number of hydrogen-bond acceptors (Lipinski definition) is 4. The average Bonchev–Trinajstić information content (AvgIpc) is 2.48. The Kier molecular flexibility index (Phi) is 5.82. The number of nitrogens with one attached hydrogen (secondary N) is 2. The molecule has 122 valence electrons. The fourth-order valence-electron chi connectivity index (χ4n) is 2.04. The molecule has 1 aromatic carbocycles. The molecule has 2 rings (SSSR count). The summed E-state index contributed by atoms with van der Waals surface area (Å²) >= 11 is 6.00. The number of ether oxygens (including phenoxy) is 1. The summed E-state index contributed by atoms with van der Waals surface area (Å²) in [5, 5.41) is 6.57. The highest BCUT2D eigenvalue weighted by Crippen LogP contribution is 2.30. The third-order valence-electron chi connectivity index (χ3n) is 3.07. The van der Waals surface area contributed by atoms with Gasteiger partial charge in [-0.1, -0.05) is 25.4 Å². The first kappa shape index (κ1) is 17.1. The summed E-state index contributed by atoms with van der Waals surface area (Å²) < 4.78 is 5.28. The van der Waals surface area contributed by atoms with E-state index in [1.807, 2.05) is 13.8 Å². The largest absolute Gasteiger partial charge is 0.495 e. The topological polar surface area (TPSA) is 63.2 Å². The van der Waals surface area contributed by atoms with Gasteiger partial charge in [-0.05, 0) is 36.2 Å². The van der Waals surface area contributed by atoms with Crippen LogP contribution in [0, 0.1) is 5.92 Å². The van der Waals surface area contributed by atoms with E-state index in [9.17, 15) is 4.79 Å². The number of carbonyl (C=O) groups excluding carboxylic acids is 1. The molecule has 0 atom stereocenters. The molecular formula is C17H20ClN3O2. The monoisotopic (exact) mass is 333 g/mol. The number of nitrogens with zero attached hydrogens (tertiary/aromatic N) is 1. The van der Waals surface area contributed by atoms with Crippen LogP contribution in [0.5, 0.6) is 5.75 Å². The molecule has 6 heteroatoms. The van der Waals surface area contributed by atoms with E-state index in [-0.39, 0.29) is 5.91 Å². The highest BCUT2D eigenvalue weighted by Gasteiger charge is 2.07. The molecule has 0 saturated carbocycles. The quantitative estimate of drug-likeness (QED) is 0.818. The highest BCUT2D eigenvalue weighted by molar-refractivity contribution is 6.31. The molecule has 5 nitrogen and oxygen atoms in total. The van der Waals surface area contributed by atoms with Crippen LogP contribution in [-0.2, 0) is 4.79 Å². The minimum absolute atomic E-state index is 0.0148. The molecular weight excluding hydrogens is 314 g/mol. The van der Waals surface area contributed by atoms with Gasteiger partial charge >= 0.3 is 0 Å². The molecule has 0 bridgehead atoms. The Morgan fingerprint density at radius 2 is 2.09 bits per heavy atom. The van der Waals surface area contributed by atoms with Crippen LogP contribution in [0.2, 0.25) is 5.02 Å². The Morgan fingerprint density at radius 1 is 1.30 bits per heavy atom. The van der Waals surface area contributed by atoms with Gasteiger partial charge in [-0.25, -0.2) is 4.98 Å². The zero-order chi connectivity index (χ0) is 16.8.